The Kier molecular flexibility index (Phi) is 6.21. The fraction of sp³-hybridized carbons (Fsp3) is 0.688. The molecule has 21 heavy (non-hydrogen) atoms. The number of carbonyl (C=O) groups is 1. The number of aliphatic hydroxyl groups is 1. The highest BCUT2D eigenvalue weighted by Gasteiger charge is 2.31. The molecule has 1 aromatic rings. The first-order valence-electron chi connectivity index (χ1n) is 7.81. The number of hydrogen-bond donors (Lipinski definition) is 1. The van der Waals surface area contributed by atoms with E-state index in [4.69, 9.17) is 5.11 Å². The fourth-order valence-corrected chi connectivity index (χ4v) is 3.77. The normalized spacial score (nSPS) is 18.9. The number of thiophene rings is 1. The van der Waals surface area contributed by atoms with Gasteiger partial charge >= 0.3 is 0 Å². The van der Waals surface area contributed by atoms with Gasteiger partial charge in [0.1, 0.15) is 0 Å². The molecule has 1 atom stereocenters. The minimum absolute atomic E-state index is 0.180. The molecule has 5 heteroatoms. The van der Waals surface area contributed by atoms with Gasteiger partial charge < -0.3 is 10.0 Å². The smallest absolute Gasteiger partial charge is 0.237 e. The highest BCUT2D eigenvalue weighted by Crippen LogP contribution is 2.34. The van der Waals surface area contributed by atoms with E-state index in [9.17, 15) is 4.79 Å². The van der Waals surface area contributed by atoms with Crippen LogP contribution in [-0.4, -0.2) is 53.1 Å². The van der Waals surface area contributed by atoms with Crippen LogP contribution < -0.4 is 0 Å². The molecule has 0 spiro atoms. The summed E-state index contributed by atoms with van der Waals surface area (Å²) in [7, 11) is 0. The minimum atomic E-state index is 0.180. The number of carbonyl (C=O) groups excluding carboxylic acids is 1. The van der Waals surface area contributed by atoms with Crippen LogP contribution in [0.4, 0.5) is 0 Å². The molecule has 1 unspecified atom stereocenters. The Morgan fingerprint density at radius 2 is 2.38 bits per heavy atom. The standard InChI is InChI=1S/C16H26N2O2S/c1-13(2)17(8-5-10-19)12-16(20)18-9-3-6-14(18)15-7-4-11-21-15/h4,7,11,13-14,19H,3,5-6,8-10,12H2,1-2H3. The minimum Gasteiger partial charge on any atom is -0.396 e. The molecule has 1 aliphatic heterocycles. The van der Waals surface area contributed by atoms with E-state index in [0.717, 1.165) is 32.4 Å². The Bertz CT molecular complexity index is 433. The van der Waals surface area contributed by atoms with Crippen LogP contribution in [0.15, 0.2) is 17.5 Å². The summed E-state index contributed by atoms with van der Waals surface area (Å²) >= 11 is 1.74. The molecule has 0 aromatic carbocycles. The first-order chi connectivity index (χ1) is 10.1. The molecule has 1 aromatic heterocycles. The van der Waals surface area contributed by atoms with Crippen molar-refractivity contribution in [2.45, 2.75) is 45.2 Å². The average Bonchev–Trinajstić information content (AvgIpc) is 3.11. The summed E-state index contributed by atoms with van der Waals surface area (Å²) in [6, 6.07) is 4.78. The number of rotatable bonds is 7. The summed E-state index contributed by atoms with van der Waals surface area (Å²) in [5.74, 6) is 0.220. The largest absolute Gasteiger partial charge is 0.396 e. The van der Waals surface area contributed by atoms with Gasteiger partial charge in [-0.2, -0.15) is 0 Å². The van der Waals surface area contributed by atoms with E-state index in [0.29, 0.717) is 12.6 Å². The topological polar surface area (TPSA) is 43.8 Å². The van der Waals surface area contributed by atoms with Crippen molar-refractivity contribution in [2.75, 3.05) is 26.2 Å². The van der Waals surface area contributed by atoms with Gasteiger partial charge in [0.05, 0.1) is 12.6 Å². The van der Waals surface area contributed by atoms with Crippen LogP contribution in [0.3, 0.4) is 0 Å². The third-order valence-electron chi connectivity index (χ3n) is 4.12. The molecule has 1 fully saturated rings. The number of amides is 1. The molecule has 2 rings (SSSR count). The number of likely N-dealkylation sites (tertiary alicyclic amines) is 1. The molecule has 0 aliphatic carbocycles. The highest BCUT2D eigenvalue weighted by molar-refractivity contribution is 7.10. The van der Waals surface area contributed by atoms with E-state index >= 15 is 0 Å². The summed E-state index contributed by atoms with van der Waals surface area (Å²) in [4.78, 5) is 18.2. The Morgan fingerprint density at radius 1 is 1.57 bits per heavy atom. The lowest BCUT2D eigenvalue weighted by molar-refractivity contribution is -0.133. The molecule has 118 valence electrons. The Morgan fingerprint density at radius 3 is 3.00 bits per heavy atom. The van der Waals surface area contributed by atoms with Crippen LogP contribution in [0.1, 0.15) is 44.0 Å². The molecule has 1 N–H and O–H groups in total. The van der Waals surface area contributed by atoms with Crippen molar-refractivity contribution in [3.63, 3.8) is 0 Å². The molecule has 1 amide bonds. The maximum atomic E-state index is 12.7. The molecule has 1 aliphatic rings. The van der Waals surface area contributed by atoms with Crippen molar-refractivity contribution in [2.24, 2.45) is 0 Å². The molecule has 0 saturated carbocycles. The average molecular weight is 310 g/mol. The van der Waals surface area contributed by atoms with E-state index in [2.05, 4.69) is 36.3 Å². The lowest BCUT2D eigenvalue weighted by Gasteiger charge is -2.30. The first kappa shape index (κ1) is 16.5. The monoisotopic (exact) mass is 310 g/mol. The summed E-state index contributed by atoms with van der Waals surface area (Å²) in [5.41, 5.74) is 0. The Labute approximate surface area is 131 Å². The molecule has 4 nitrogen and oxygen atoms in total. The van der Waals surface area contributed by atoms with Crippen molar-refractivity contribution in [3.05, 3.63) is 22.4 Å². The van der Waals surface area contributed by atoms with Crippen molar-refractivity contribution in [1.29, 1.82) is 0 Å². The second kappa shape index (κ2) is 7.92. The summed E-state index contributed by atoms with van der Waals surface area (Å²) in [5, 5.41) is 11.1. The summed E-state index contributed by atoms with van der Waals surface area (Å²) in [6.07, 6.45) is 2.89. The molecule has 0 bridgehead atoms. The van der Waals surface area contributed by atoms with Crippen LogP contribution in [0.25, 0.3) is 0 Å². The zero-order valence-corrected chi connectivity index (χ0v) is 13.8. The lowest BCUT2D eigenvalue weighted by atomic mass is 10.2. The van der Waals surface area contributed by atoms with Gasteiger partial charge in [-0.05, 0) is 44.6 Å². The molecule has 0 radical (unpaired) electrons. The van der Waals surface area contributed by atoms with Gasteiger partial charge in [0.2, 0.25) is 5.91 Å². The maximum Gasteiger partial charge on any atom is 0.237 e. The van der Waals surface area contributed by atoms with E-state index in [1.165, 1.54) is 4.88 Å². The van der Waals surface area contributed by atoms with Gasteiger partial charge in [-0.25, -0.2) is 0 Å². The second-order valence-corrected chi connectivity index (χ2v) is 6.88. The predicted octanol–water partition coefficient (Wildman–Crippen LogP) is 2.50. The van der Waals surface area contributed by atoms with Gasteiger partial charge in [0.15, 0.2) is 0 Å². The zero-order valence-electron chi connectivity index (χ0n) is 13.0. The van der Waals surface area contributed by atoms with Gasteiger partial charge in [-0.3, -0.25) is 9.69 Å². The molecular formula is C16H26N2O2S. The third-order valence-corrected chi connectivity index (χ3v) is 5.09. The second-order valence-electron chi connectivity index (χ2n) is 5.90. The number of aliphatic hydroxyl groups excluding tert-OH is 1. The summed E-state index contributed by atoms with van der Waals surface area (Å²) < 4.78 is 0. The molecule has 1 saturated heterocycles. The fourth-order valence-electron chi connectivity index (χ4n) is 2.90. The lowest BCUT2D eigenvalue weighted by Crippen LogP contribution is -2.43. The zero-order chi connectivity index (χ0) is 15.2. The summed E-state index contributed by atoms with van der Waals surface area (Å²) in [6.45, 7) is 6.49. The van der Waals surface area contributed by atoms with Crippen LogP contribution in [-0.2, 0) is 4.79 Å². The Hall–Kier alpha value is -0.910. The van der Waals surface area contributed by atoms with Crippen molar-refractivity contribution < 1.29 is 9.90 Å². The van der Waals surface area contributed by atoms with E-state index in [-0.39, 0.29) is 18.6 Å². The highest BCUT2D eigenvalue weighted by atomic mass is 32.1. The number of nitrogens with zero attached hydrogens (tertiary/aromatic N) is 2. The SMILES string of the molecule is CC(C)N(CCCO)CC(=O)N1CCCC1c1cccs1. The Balaban J connectivity index is 1.97. The van der Waals surface area contributed by atoms with Crippen molar-refractivity contribution in [3.8, 4) is 0 Å². The van der Waals surface area contributed by atoms with Crippen molar-refractivity contribution in [1.82, 2.24) is 9.80 Å². The van der Waals surface area contributed by atoms with Gasteiger partial charge in [-0.15, -0.1) is 11.3 Å². The quantitative estimate of drug-likeness (QED) is 0.841. The van der Waals surface area contributed by atoms with Gasteiger partial charge in [0.25, 0.3) is 0 Å². The van der Waals surface area contributed by atoms with Crippen LogP contribution in [0.5, 0.6) is 0 Å². The third kappa shape index (κ3) is 4.28. The van der Waals surface area contributed by atoms with Crippen molar-refractivity contribution >= 4 is 17.2 Å². The van der Waals surface area contributed by atoms with Gasteiger partial charge in [-0.1, -0.05) is 6.07 Å². The number of hydrogen-bond acceptors (Lipinski definition) is 4. The van der Waals surface area contributed by atoms with Gasteiger partial charge in [0, 0.05) is 30.6 Å². The van der Waals surface area contributed by atoms with E-state index in [1.54, 1.807) is 11.3 Å². The maximum absolute atomic E-state index is 12.7. The van der Waals surface area contributed by atoms with E-state index in [1.807, 2.05) is 4.90 Å². The van der Waals surface area contributed by atoms with Crippen LogP contribution >= 0.6 is 11.3 Å². The first-order valence-corrected chi connectivity index (χ1v) is 8.69. The van der Waals surface area contributed by atoms with Crippen LogP contribution in [0, 0.1) is 0 Å². The van der Waals surface area contributed by atoms with Crippen LogP contribution in [0.2, 0.25) is 0 Å². The molecular weight excluding hydrogens is 284 g/mol. The predicted molar refractivity (Wildman–Crippen MR) is 86.4 cm³/mol. The molecule has 2 heterocycles. The van der Waals surface area contributed by atoms with E-state index < -0.39 is 0 Å².